The van der Waals surface area contributed by atoms with Crippen LogP contribution in [0.3, 0.4) is 0 Å². The molecule has 0 bridgehead atoms. The van der Waals surface area contributed by atoms with Gasteiger partial charge in [0, 0.05) is 17.5 Å². The van der Waals surface area contributed by atoms with E-state index >= 15 is 0 Å². The Morgan fingerprint density at radius 1 is 0.686 bits per heavy atom. The molecule has 1 aliphatic carbocycles. The van der Waals surface area contributed by atoms with E-state index in [2.05, 4.69) is 24.3 Å². The van der Waals surface area contributed by atoms with Gasteiger partial charge in [-0.2, -0.15) is 0 Å². The molecule has 5 aromatic rings. The molecule has 0 heterocycles. The number of phenols is 1. The summed E-state index contributed by atoms with van der Waals surface area (Å²) < 4.78 is 0. The largest absolute Gasteiger partial charge is 0.507 e. The van der Waals surface area contributed by atoms with Crippen LogP contribution in [0.4, 0.5) is 0 Å². The second kappa shape index (κ2) is 8.86. The molecule has 6 rings (SSSR count). The molecule has 0 unspecified atom stereocenters. The fourth-order valence-corrected chi connectivity index (χ4v) is 5.11. The first-order valence-corrected chi connectivity index (χ1v) is 11.9. The predicted octanol–water partition coefficient (Wildman–Crippen LogP) is 6.71. The highest BCUT2D eigenvalue weighted by Gasteiger charge is 2.31. The molecule has 5 aromatic carbocycles. The van der Waals surface area contributed by atoms with E-state index in [1.165, 1.54) is 0 Å². The lowest BCUT2D eigenvalue weighted by molar-refractivity contribution is 0.159. The fraction of sp³-hybridized carbons (Fsp3) is 0.0938. The Balaban J connectivity index is 1.62. The summed E-state index contributed by atoms with van der Waals surface area (Å²) in [5.41, 5.74) is 6.50. The maximum atomic E-state index is 11.2. The van der Waals surface area contributed by atoms with Gasteiger partial charge in [-0.3, -0.25) is 4.99 Å². The number of hydrogen-bond donors (Lipinski definition) is 2. The Morgan fingerprint density at radius 2 is 1.34 bits per heavy atom. The van der Waals surface area contributed by atoms with Gasteiger partial charge in [0.1, 0.15) is 11.8 Å². The predicted molar refractivity (Wildman–Crippen MR) is 142 cm³/mol. The van der Waals surface area contributed by atoms with Crippen LogP contribution in [0.1, 0.15) is 28.3 Å². The summed E-state index contributed by atoms with van der Waals surface area (Å²) >= 11 is 0. The van der Waals surface area contributed by atoms with Crippen LogP contribution in [0.15, 0.2) is 120 Å². The third-order valence-corrected chi connectivity index (χ3v) is 6.82. The van der Waals surface area contributed by atoms with Crippen molar-refractivity contribution >= 4 is 16.5 Å². The zero-order valence-corrected chi connectivity index (χ0v) is 19.2. The minimum absolute atomic E-state index is 0.172. The summed E-state index contributed by atoms with van der Waals surface area (Å²) in [6.07, 6.45) is -0.0457. The number of phenolic OH excluding ortho intramolecular Hbond substituents is 1. The number of hydrogen-bond acceptors (Lipinski definition) is 3. The molecule has 1 aliphatic rings. The average molecular weight is 456 g/mol. The molecule has 0 aliphatic heterocycles. The lowest BCUT2D eigenvalue weighted by Gasteiger charge is -2.19. The summed E-state index contributed by atoms with van der Waals surface area (Å²) in [6.45, 7) is 0. The topological polar surface area (TPSA) is 52.8 Å². The fourth-order valence-electron chi connectivity index (χ4n) is 5.11. The van der Waals surface area contributed by atoms with E-state index in [0.717, 1.165) is 38.6 Å². The van der Waals surface area contributed by atoms with Crippen LogP contribution < -0.4 is 0 Å². The van der Waals surface area contributed by atoms with Gasteiger partial charge in [-0.15, -0.1) is 0 Å². The van der Waals surface area contributed by atoms with E-state index in [1.54, 1.807) is 6.07 Å². The number of nitrogens with zero attached hydrogens (tertiary/aromatic N) is 1. The minimum Gasteiger partial charge on any atom is -0.507 e. The minimum atomic E-state index is -0.617. The van der Waals surface area contributed by atoms with Crippen molar-refractivity contribution in [3.63, 3.8) is 0 Å². The van der Waals surface area contributed by atoms with Crippen molar-refractivity contribution in [2.75, 3.05) is 0 Å². The van der Waals surface area contributed by atoms with Crippen LogP contribution in [0.25, 0.3) is 21.9 Å². The van der Waals surface area contributed by atoms with Crippen molar-refractivity contribution in [2.24, 2.45) is 4.99 Å². The molecule has 2 atom stereocenters. The molecular formula is C32H25NO2. The first-order chi connectivity index (χ1) is 17.2. The highest BCUT2D eigenvalue weighted by molar-refractivity contribution is 6.19. The number of aliphatic imine (C=N–C) groups is 1. The van der Waals surface area contributed by atoms with Crippen molar-refractivity contribution in [2.45, 2.75) is 18.6 Å². The van der Waals surface area contributed by atoms with E-state index < -0.39 is 12.1 Å². The van der Waals surface area contributed by atoms with Crippen molar-refractivity contribution in [3.05, 3.63) is 138 Å². The number of rotatable bonds is 4. The average Bonchev–Trinajstić information content (AvgIpc) is 3.22. The molecule has 0 radical (unpaired) electrons. The number of aromatic hydroxyl groups is 1. The van der Waals surface area contributed by atoms with Crippen molar-refractivity contribution in [1.29, 1.82) is 0 Å². The molecule has 0 amide bonds. The van der Waals surface area contributed by atoms with E-state index in [-0.39, 0.29) is 5.75 Å². The zero-order chi connectivity index (χ0) is 23.8. The first kappa shape index (κ1) is 21.3. The highest BCUT2D eigenvalue weighted by atomic mass is 16.3. The SMILES string of the molecule is Oc1cc2ccccc2cc1C(=N[C@H]1c2ccccc2C[C@H]1O)c1ccccc1-c1ccccc1. The monoisotopic (exact) mass is 455 g/mol. The number of aliphatic hydroxyl groups is 1. The standard InChI is InChI=1S/C32H25NO2/c34-29-19-23-13-5-4-12-22(23)18-28(29)31(33-32-26-16-7-6-14-24(26)20-30(32)35)27-17-9-8-15-25(27)21-10-2-1-3-11-21/h1-19,30,32,34-35H,20H2/t30-,32+/m1/s1. The molecule has 170 valence electrons. The van der Waals surface area contributed by atoms with Crippen molar-refractivity contribution in [1.82, 2.24) is 0 Å². The second-order valence-electron chi connectivity index (χ2n) is 9.02. The third-order valence-electron chi connectivity index (χ3n) is 6.82. The van der Waals surface area contributed by atoms with E-state index in [1.807, 2.05) is 84.9 Å². The van der Waals surface area contributed by atoms with Gasteiger partial charge in [0.2, 0.25) is 0 Å². The summed E-state index contributed by atoms with van der Waals surface area (Å²) in [4.78, 5) is 5.20. The summed E-state index contributed by atoms with van der Waals surface area (Å²) in [6, 6.07) is 37.8. The van der Waals surface area contributed by atoms with Crippen LogP contribution in [0, 0.1) is 0 Å². The molecule has 3 heteroatoms. The van der Waals surface area contributed by atoms with E-state index in [4.69, 9.17) is 4.99 Å². The molecule has 0 aromatic heterocycles. The van der Waals surface area contributed by atoms with Crippen LogP contribution in [0.5, 0.6) is 5.75 Å². The normalized spacial score (nSPS) is 17.5. The van der Waals surface area contributed by atoms with Gasteiger partial charge < -0.3 is 10.2 Å². The Morgan fingerprint density at radius 3 is 2.17 bits per heavy atom. The smallest absolute Gasteiger partial charge is 0.125 e. The van der Waals surface area contributed by atoms with Gasteiger partial charge in [-0.25, -0.2) is 0 Å². The second-order valence-corrected chi connectivity index (χ2v) is 9.02. The summed E-state index contributed by atoms with van der Waals surface area (Å²) in [5.74, 6) is 0.172. The van der Waals surface area contributed by atoms with Crippen LogP contribution in [0.2, 0.25) is 0 Å². The quantitative estimate of drug-likeness (QED) is 0.296. The van der Waals surface area contributed by atoms with Gasteiger partial charge in [0.05, 0.1) is 11.8 Å². The summed E-state index contributed by atoms with van der Waals surface area (Å²) in [7, 11) is 0. The molecule has 35 heavy (non-hydrogen) atoms. The third kappa shape index (κ3) is 3.90. The number of fused-ring (bicyclic) bond motifs is 2. The Bertz CT molecular complexity index is 1560. The molecular weight excluding hydrogens is 430 g/mol. The first-order valence-electron chi connectivity index (χ1n) is 11.9. The Kier molecular flexibility index (Phi) is 5.40. The van der Waals surface area contributed by atoms with Crippen LogP contribution >= 0.6 is 0 Å². The van der Waals surface area contributed by atoms with Crippen LogP contribution in [-0.4, -0.2) is 22.0 Å². The van der Waals surface area contributed by atoms with E-state index in [9.17, 15) is 10.2 Å². The van der Waals surface area contributed by atoms with E-state index in [0.29, 0.717) is 17.7 Å². The van der Waals surface area contributed by atoms with Gasteiger partial charge >= 0.3 is 0 Å². The lowest BCUT2D eigenvalue weighted by atomic mass is 9.91. The van der Waals surface area contributed by atoms with Gasteiger partial charge in [0.25, 0.3) is 0 Å². The van der Waals surface area contributed by atoms with Crippen LogP contribution in [-0.2, 0) is 6.42 Å². The molecule has 0 saturated heterocycles. The molecule has 3 nitrogen and oxygen atoms in total. The molecule has 0 saturated carbocycles. The molecule has 2 N–H and O–H groups in total. The van der Waals surface area contributed by atoms with Crippen molar-refractivity contribution in [3.8, 4) is 16.9 Å². The zero-order valence-electron chi connectivity index (χ0n) is 19.2. The van der Waals surface area contributed by atoms with Gasteiger partial charge in [-0.05, 0) is 45.2 Å². The van der Waals surface area contributed by atoms with Gasteiger partial charge in [-0.1, -0.05) is 103 Å². The summed E-state index contributed by atoms with van der Waals surface area (Å²) in [5, 5.41) is 24.2. The van der Waals surface area contributed by atoms with Crippen molar-refractivity contribution < 1.29 is 10.2 Å². The Hall–Kier alpha value is -4.21. The maximum absolute atomic E-state index is 11.2. The number of aliphatic hydroxyl groups excluding tert-OH is 1. The van der Waals surface area contributed by atoms with Gasteiger partial charge in [0.15, 0.2) is 0 Å². The Labute approximate surface area is 204 Å². The maximum Gasteiger partial charge on any atom is 0.125 e. The molecule has 0 spiro atoms. The highest BCUT2D eigenvalue weighted by Crippen LogP contribution is 2.38. The molecule has 0 fully saturated rings. The lowest BCUT2D eigenvalue weighted by Crippen LogP contribution is -2.15. The number of benzene rings is 5.